The number of carbonyl (C=O) groups excluding carboxylic acids is 1. The molecule has 0 saturated carbocycles. The second-order valence-corrected chi connectivity index (χ2v) is 7.40. The van der Waals surface area contributed by atoms with Gasteiger partial charge in [-0.15, -0.1) is 0 Å². The standard InChI is InChI=1S/C13H10ClN3O2.C10H7N3O/c1-2-19-13(18)10-11-12(14)16-8-5-3-4-6-9(8)17(11)7-15-10;14-10-9-5-11-6-13(9)8-4-2-1-3-7(8)12-10/h3-7H,2H2,1H3;1-6H,(H,12,14). The molecule has 0 radical (unpaired) electrons. The summed E-state index contributed by atoms with van der Waals surface area (Å²) in [6.45, 7) is 2.03. The third-order valence-electron chi connectivity index (χ3n) is 5.07. The average molecular weight is 461 g/mol. The summed E-state index contributed by atoms with van der Waals surface area (Å²) in [5, 5.41) is 0.235. The Kier molecular flexibility index (Phi) is 5.23. The van der Waals surface area contributed by atoms with Crippen LogP contribution >= 0.6 is 11.6 Å². The summed E-state index contributed by atoms with van der Waals surface area (Å²) < 4.78 is 8.49. The van der Waals surface area contributed by atoms with Gasteiger partial charge in [0.2, 0.25) is 0 Å². The fraction of sp³-hybridized carbons (Fsp3) is 0.0870. The number of imidazole rings is 2. The van der Waals surface area contributed by atoms with E-state index in [1.165, 1.54) is 0 Å². The maximum atomic E-state index is 11.8. The highest BCUT2D eigenvalue weighted by Crippen LogP contribution is 2.24. The zero-order valence-electron chi connectivity index (χ0n) is 17.4. The number of nitrogens with zero attached hydrogens (tertiary/aromatic N) is 5. The molecule has 4 heterocycles. The van der Waals surface area contributed by atoms with E-state index in [2.05, 4.69) is 19.9 Å². The summed E-state index contributed by atoms with van der Waals surface area (Å²) in [5.74, 6) is -0.496. The molecular weight excluding hydrogens is 444 g/mol. The number of para-hydroxylation sites is 4. The van der Waals surface area contributed by atoms with Crippen molar-refractivity contribution >= 4 is 50.7 Å². The first-order chi connectivity index (χ1) is 16.1. The van der Waals surface area contributed by atoms with Gasteiger partial charge in [-0.05, 0) is 31.2 Å². The Bertz CT molecular complexity index is 1700. The van der Waals surface area contributed by atoms with Crippen LogP contribution in [0.5, 0.6) is 0 Å². The molecule has 0 bridgehead atoms. The zero-order valence-corrected chi connectivity index (χ0v) is 18.2. The molecule has 0 spiro atoms. The van der Waals surface area contributed by atoms with Crippen LogP contribution in [-0.2, 0) is 4.74 Å². The first kappa shape index (κ1) is 20.7. The van der Waals surface area contributed by atoms with Gasteiger partial charge in [0.1, 0.15) is 17.4 Å². The van der Waals surface area contributed by atoms with Crippen molar-refractivity contribution in [2.45, 2.75) is 6.92 Å². The maximum Gasteiger partial charge on any atom is 0.359 e. The number of H-pyrrole nitrogens is 1. The molecule has 0 atom stereocenters. The fourth-order valence-electron chi connectivity index (χ4n) is 3.63. The second-order valence-electron chi connectivity index (χ2n) is 7.04. The molecule has 1 N–H and O–H groups in total. The predicted molar refractivity (Wildman–Crippen MR) is 125 cm³/mol. The summed E-state index contributed by atoms with van der Waals surface area (Å²) in [6.07, 6.45) is 4.76. The van der Waals surface area contributed by atoms with Crippen molar-refractivity contribution < 1.29 is 9.53 Å². The number of esters is 1. The Morgan fingerprint density at radius 1 is 1.03 bits per heavy atom. The molecule has 164 valence electrons. The number of benzene rings is 2. The van der Waals surface area contributed by atoms with Gasteiger partial charge in [-0.3, -0.25) is 13.6 Å². The highest BCUT2D eigenvalue weighted by molar-refractivity contribution is 6.33. The number of fused-ring (bicyclic) bond motifs is 6. The van der Waals surface area contributed by atoms with Crippen molar-refractivity contribution in [3.63, 3.8) is 0 Å². The van der Waals surface area contributed by atoms with Gasteiger partial charge < -0.3 is 9.72 Å². The van der Waals surface area contributed by atoms with E-state index in [4.69, 9.17) is 16.3 Å². The number of aromatic nitrogens is 6. The van der Waals surface area contributed by atoms with E-state index in [-0.39, 0.29) is 23.0 Å². The number of ether oxygens (including phenoxy) is 1. The molecule has 33 heavy (non-hydrogen) atoms. The van der Waals surface area contributed by atoms with Crippen molar-refractivity contribution in [3.05, 3.63) is 88.6 Å². The second kappa shape index (κ2) is 8.36. The number of aromatic amines is 1. The molecule has 0 aliphatic carbocycles. The molecule has 6 rings (SSSR count). The number of rotatable bonds is 2. The van der Waals surface area contributed by atoms with Gasteiger partial charge in [0.05, 0.1) is 41.2 Å². The van der Waals surface area contributed by atoms with E-state index in [0.29, 0.717) is 11.0 Å². The molecule has 0 amide bonds. The SMILES string of the molecule is CCOC(=O)c1ncn2c1c(Cl)nc1ccccc12.O=c1[nH]c2ccccc2n2cncc12. The largest absolute Gasteiger partial charge is 0.461 e. The zero-order chi connectivity index (χ0) is 22.9. The van der Waals surface area contributed by atoms with Crippen LogP contribution in [-0.4, -0.2) is 41.3 Å². The average Bonchev–Trinajstić information content (AvgIpc) is 3.49. The van der Waals surface area contributed by atoms with Crippen LogP contribution in [0, 0.1) is 0 Å². The molecule has 4 aromatic heterocycles. The van der Waals surface area contributed by atoms with Crippen LogP contribution in [0.1, 0.15) is 17.4 Å². The third kappa shape index (κ3) is 3.58. The molecule has 9 nitrogen and oxygen atoms in total. The topological polar surface area (TPSA) is 107 Å². The Hall–Kier alpha value is -4.24. The lowest BCUT2D eigenvalue weighted by molar-refractivity contribution is 0.0522. The molecule has 0 unspecified atom stereocenters. The lowest BCUT2D eigenvalue weighted by atomic mass is 10.3. The van der Waals surface area contributed by atoms with E-state index >= 15 is 0 Å². The highest BCUT2D eigenvalue weighted by atomic mass is 35.5. The minimum atomic E-state index is -0.496. The van der Waals surface area contributed by atoms with E-state index in [1.807, 2.05) is 48.5 Å². The van der Waals surface area contributed by atoms with Gasteiger partial charge in [0.15, 0.2) is 10.8 Å². The van der Waals surface area contributed by atoms with Gasteiger partial charge in [-0.1, -0.05) is 35.9 Å². The molecule has 0 aliphatic heterocycles. The van der Waals surface area contributed by atoms with Crippen LogP contribution in [0.4, 0.5) is 0 Å². The molecule has 0 aliphatic rings. The van der Waals surface area contributed by atoms with Gasteiger partial charge in [0.25, 0.3) is 5.56 Å². The van der Waals surface area contributed by atoms with Crippen molar-refractivity contribution in [1.82, 2.24) is 28.7 Å². The van der Waals surface area contributed by atoms with Gasteiger partial charge in [0, 0.05) is 0 Å². The summed E-state index contributed by atoms with van der Waals surface area (Å²) in [5.41, 5.74) is 4.48. The number of halogens is 1. The fourth-order valence-corrected chi connectivity index (χ4v) is 3.90. The maximum absolute atomic E-state index is 11.8. The highest BCUT2D eigenvalue weighted by Gasteiger charge is 2.19. The van der Waals surface area contributed by atoms with Crippen molar-refractivity contribution in [2.24, 2.45) is 0 Å². The molecule has 6 aromatic rings. The molecular formula is C23H17ClN6O3. The van der Waals surface area contributed by atoms with Crippen molar-refractivity contribution in [1.29, 1.82) is 0 Å². The number of nitrogens with one attached hydrogen (secondary N) is 1. The summed E-state index contributed by atoms with van der Waals surface area (Å²) >= 11 is 6.15. The monoisotopic (exact) mass is 460 g/mol. The smallest absolute Gasteiger partial charge is 0.359 e. The lowest BCUT2D eigenvalue weighted by Crippen LogP contribution is -2.09. The first-order valence-corrected chi connectivity index (χ1v) is 10.5. The quantitative estimate of drug-likeness (QED) is 0.393. The Morgan fingerprint density at radius 2 is 1.79 bits per heavy atom. The third-order valence-corrected chi connectivity index (χ3v) is 5.34. The Labute approximate surface area is 191 Å². The minimum absolute atomic E-state index is 0.110. The summed E-state index contributed by atoms with van der Waals surface area (Å²) in [6, 6.07) is 15.1. The number of carbonyl (C=O) groups is 1. The van der Waals surface area contributed by atoms with Crippen LogP contribution in [0.25, 0.3) is 33.1 Å². The lowest BCUT2D eigenvalue weighted by Gasteiger charge is -2.04. The van der Waals surface area contributed by atoms with E-state index in [0.717, 1.165) is 22.1 Å². The van der Waals surface area contributed by atoms with Crippen LogP contribution in [0.3, 0.4) is 0 Å². The Balaban J connectivity index is 0.000000144. The van der Waals surface area contributed by atoms with Crippen molar-refractivity contribution in [3.8, 4) is 0 Å². The van der Waals surface area contributed by atoms with Gasteiger partial charge in [-0.2, -0.15) is 0 Å². The summed E-state index contributed by atoms with van der Waals surface area (Å²) in [7, 11) is 0. The normalized spacial score (nSPS) is 11.1. The summed E-state index contributed by atoms with van der Waals surface area (Å²) in [4.78, 5) is 38.5. The molecule has 2 aromatic carbocycles. The van der Waals surface area contributed by atoms with E-state index in [1.54, 1.807) is 34.6 Å². The van der Waals surface area contributed by atoms with Crippen LogP contribution < -0.4 is 5.56 Å². The number of hydrogen-bond donors (Lipinski definition) is 1. The molecule has 10 heteroatoms. The van der Waals surface area contributed by atoms with E-state index in [9.17, 15) is 9.59 Å². The van der Waals surface area contributed by atoms with Gasteiger partial charge >= 0.3 is 5.97 Å². The molecule has 0 saturated heterocycles. The van der Waals surface area contributed by atoms with Crippen LogP contribution in [0.2, 0.25) is 5.15 Å². The Morgan fingerprint density at radius 3 is 2.61 bits per heavy atom. The number of hydrogen-bond acceptors (Lipinski definition) is 6. The molecule has 0 fully saturated rings. The van der Waals surface area contributed by atoms with Gasteiger partial charge in [-0.25, -0.2) is 19.7 Å². The van der Waals surface area contributed by atoms with Crippen molar-refractivity contribution in [2.75, 3.05) is 6.61 Å². The van der Waals surface area contributed by atoms with E-state index < -0.39 is 5.97 Å². The first-order valence-electron chi connectivity index (χ1n) is 10.1. The van der Waals surface area contributed by atoms with Crippen LogP contribution in [0.15, 0.2) is 72.2 Å². The minimum Gasteiger partial charge on any atom is -0.461 e. The predicted octanol–water partition coefficient (Wildman–Crippen LogP) is 3.89.